The molecule has 0 aliphatic carbocycles. The van der Waals surface area contributed by atoms with E-state index in [1.54, 1.807) is 0 Å². The van der Waals surface area contributed by atoms with E-state index in [0.29, 0.717) is 13.0 Å². The Morgan fingerprint density at radius 3 is 2.47 bits per heavy atom. The number of hydrogen-bond acceptors (Lipinski definition) is 9. The summed E-state index contributed by atoms with van der Waals surface area (Å²) in [7, 11) is -3.93. The Morgan fingerprint density at radius 1 is 1.27 bits per heavy atom. The Morgan fingerprint density at radius 2 is 1.93 bits per heavy atom. The Hall–Kier alpha value is -3.06. The summed E-state index contributed by atoms with van der Waals surface area (Å²) < 4.78 is 32.4. The van der Waals surface area contributed by atoms with Crippen LogP contribution in [0, 0.1) is 16.0 Å². The molecule has 0 bridgehead atoms. The van der Waals surface area contributed by atoms with Gasteiger partial charge in [0.25, 0.3) is 11.6 Å². The highest BCUT2D eigenvalue weighted by Crippen LogP contribution is 2.27. The average molecular weight is 438 g/mol. The maximum absolute atomic E-state index is 13.3. The summed E-state index contributed by atoms with van der Waals surface area (Å²) in [5.74, 6) is -0.714. The maximum Gasteiger partial charge on any atom is 0.280 e. The smallest absolute Gasteiger partial charge is 0.280 e. The van der Waals surface area contributed by atoms with Crippen LogP contribution in [-0.4, -0.2) is 64.4 Å². The van der Waals surface area contributed by atoms with Gasteiger partial charge in [0.05, 0.1) is 9.82 Å². The van der Waals surface area contributed by atoms with Crippen molar-refractivity contribution < 1.29 is 22.8 Å². The van der Waals surface area contributed by atoms with E-state index in [1.807, 2.05) is 13.8 Å². The van der Waals surface area contributed by atoms with Gasteiger partial charge < -0.3 is 10.6 Å². The molecule has 1 aliphatic heterocycles. The maximum atomic E-state index is 13.3. The van der Waals surface area contributed by atoms with Gasteiger partial charge in [0.2, 0.25) is 21.5 Å². The second kappa shape index (κ2) is 8.36. The highest BCUT2D eigenvalue weighted by molar-refractivity contribution is 7.89. The van der Waals surface area contributed by atoms with Crippen LogP contribution in [0.5, 0.6) is 0 Å². The number of nitrogens with two attached hydrogens (primary N) is 1. The number of hydrogen-bond donors (Lipinski definition) is 1. The summed E-state index contributed by atoms with van der Waals surface area (Å²) >= 11 is 0. The number of nitro benzene ring substituents is 1. The van der Waals surface area contributed by atoms with E-state index in [0.717, 1.165) is 12.1 Å². The normalized spacial score (nSPS) is 18.4. The number of amides is 1. The topological polar surface area (TPSA) is 166 Å². The van der Waals surface area contributed by atoms with E-state index in [4.69, 9.17) is 5.73 Å². The first-order chi connectivity index (χ1) is 14.1. The van der Waals surface area contributed by atoms with Crippen LogP contribution in [0.2, 0.25) is 0 Å². The number of carbonyl (C=O) groups is 1. The summed E-state index contributed by atoms with van der Waals surface area (Å²) in [6.07, 6.45) is 0.395. The minimum absolute atomic E-state index is 0.0385. The van der Waals surface area contributed by atoms with Crippen LogP contribution in [-0.2, 0) is 10.0 Å². The third-order valence-electron chi connectivity index (χ3n) is 5.01. The number of carbonyl (C=O) groups excluding carboxylic acids is 1. The standard InChI is InChI=1S/C17H22N6O6S/c1-11(2)14-10-21(17(24)15-16(18)20-29-19-15)8-3-9-22(14)30(27,28)13-6-4-12(5-7-13)23(25)26/h4-7,11,14H,3,8-10H2,1-2H3,(H2,18,20)/t14-/m0/s1. The molecule has 1 aromatic heterocycles. The molecule has 13 heteroatoms. The molecule has 1 aromatic carbocycles. The van der Waals surface area contributed by atoms with Crippen LogP contribution in [0.1, 0.15) is 30.8 Å². The molecule has 1 saturated heterocycles. The summed E-state index contributed by atoms with van der Waals surface area (Å²) in [6.45, 7) is 4.36. The lowest BCUT2D eigenvalue weighted by Crippen LogP contribution is -2.48. The Kier molecular flexibility index (Phi) is 6.03. The van der Waals surface area contributed by atoms with E-state index in [9.17, 15) is 23.3 Å². The van der Waals surface area contributed by atoms with Crippen molar-refractivity contribution in [2.45, 2.75) is 31.2 Å². The molecule has 1 atom stereocenters. The van der Waals surface area contributed by atoms with Crippen molar-refractivity contribution in [3.8, 4) is 0 Å². The molecule has 1 aliphatic rings. The van der Waals surface area contributed by atoms with Gasteiger partial charge in [-0.15, -0.1) is 0 Å². The van der Waals surface area contributed by atoms with Gasteiger partial charge in [-0.25, -0.2) is 13.0 Å². The molecule has 2 heterocycles. The summed E-state index contributed by atoms with van der Waals surface area (Å²) in [5, 5.41) is 17.8. The van der Waals surface area contributed by atoms with Gasteiger partial charge in [0.15, 0.2) is 0 Å². The zero-order valence-electron chi connectivity index (χ0n) is 16.5. The van der Waals surface area contributed by atoms with Gasteiger partial charge in [-0.05, 0) is 34.8 Å². The molecular weight excluding hydrogens is 416 g/mol. The number of nitro groups is 1. The molecule has 1 amide bonds. The lowest BCUT2D eigenvalue weighted by atomic mass is 10.0. The number of nitrogens with zero attached hydrogens (tertiary/aromatic N) is 5. The number of non-ortho nitro benzene ring substituents is 1. The van der Waals surface area contributed by atoms with Gasteiger partial charge >= 0.3 is 0 Å². The highest BCUT2D eigenvalue weighted by Gasteiger charge is 2.38. The minimum Gasteiger partial charge on any atom is -0.379 e. The second-order valence-corrected chi connectivity index (χ2v) is 9.17. The van der Waals surface area contributed by atoms with Crippen molar-refractivity contribution in [3.05, 3.63) is 40.1 Å². The summed E-state index contributed by atoms with van der Waals surface area (Å²) in [4.78, 5) is 24.5. The van der Waals surface area contributed by atoms with E-state index in [2.05, 4.69) is 14.9 Å². The van der Waals surface area contributed by atoms with Crippen molar-refractivity contribution >= 4 is 27.4 Å². The van der Waals surface area contributed by atoms with Crippen molar-refractivity contribution in [1.29, 1.82) is 0 Å². The molecule has 162 valence electrons. The van der Waals surface area contributed by atoms with Crippen LogP contribution in [0.15, 0.2) is 33.8 Å². The van der Waals surface area contributed by atoms with Gasteiger partial charge in [-0.1, -0.05) is 13.8 Å². The first-order valence-electron chi connectivity index (χ1n) is 9.26. The third kappa shape index (κ3) is 4.11. The number of rotatable bonds is 5. The lowest BCUT2D eigenvalue weighted by Gasteiger charge is -2.33. The van der Waals surface area contributed by atoms with Gasteiger partial charge in [0, 0.05) is 37.8 Å². The van der Waals surface area contributed by atoms with Crippen LogP contribution in [0.25, 0.3) is 0 Å². The van der Waals surface area contributed by atoms with E-state index >= 15 is 0 Å². The zero-order valence-corrected chi connectivity index (χ0v) is 17.3. The first kappa shape index (κ1) is 21.6. The van der Waals surface area contributed by atoms with Crippen molar-refractivity contribution in [3.63, 3.8) is 0 Å². The monoisotopic (exact) mass is 438 g/mol. The Balaban J connectivity index is 1.90. The molecule has 0 radical (unpaired) electrons. The summed E-state index contributed by atoms with van der Waals surface area (Å²) in [5.41, 5.74) is 5.32. The zero-order chi connectivity index (χ0) is 22.1. The lowest BCUT2D eigenvalue weighted by molar-refractivity contribution is -0.384. The average Bonchev–Trinajstić information content (AvgIpc) is 2.99. The van der Waals surface area contributed by atoms with E-state index in [-0.39, 0.29) is 41.1 Å². The van der Waals surface area contributed by atoms with Crippen LogP contribution in [0.4, 0.5) is 11.5 Å². The van der Waals surface area contributed by atoms with Crippen LogP contribution < -0.4 is 5.73 Å². The second-order valence-electron chi connectivity index (χ2n) is 7.28. The van der Waals surface area contributed by atoms with Gasteiger partial charge in [0.1, 0.15) is 0 Å². The highest BCUT2D eigenvalue weighted by atomic mass is 32.2. The van der Waals surface area contributed by atoms with E-state index < -0.39 is 26.9 Å². The SMILES string of the molecule is CC(C)[C@@H]1CN(C(=O)c2nonc2N)CCCN1S(=O)(=O)c1ccc([N+](=O)[O-])cc1. The number of sulfonamides is 1. The molecular formula is C17H22N6O6S. The molecule has 12 nitrogen and oxygen atoms in total. The quantitative estimate of drug-likeness (QED) is 0.531. The summed E-state index contributed by atoms with van der Waals surface area (Å²) in [6, 6.07) is 4.25. The van der Waals surface area contributed by atoms with Gasteiger partial charge in [-0.3, -0.25) is 14.9 Å². The molecule has 1 fully saturated rings. The minimum atomic E-state index is -3.93. The van der Waals surface area contributed by atoms with Gasteiger partial charge in [-0.2, -0.15) is 4.31 Å². The fourth-order valence-electron chi connectivity index (χ4n) is 3.39. The predicted molar refractivity (Wildman–Crippen MR) is 105 cm³/mol. The Bertz CT molecular complexity index is 1040. The number of anilines is 1. The molecule has 2 N–H and O–H groups in total. The van der Waals surface area contributed by atoms with Crippen LogP contribution >= 0.6 is 0 Å². The molecule has 3 rings (SSSR count). The fourth-order valence-corrected chi connectivity index (χ4v) is 5.17. The first-order valence-corrected chi connectivity index (χ1v) is 10.7. The van der Waals surface area contributed by atoms with Crippen molar-refractivity contribution in [2.24, 2.45) is 5.92 Å². The van der Waals surface area contributed by atoms with Crippen LogP contribution in [0.3, 0.4) is 0 Å². The molecule has 0 saturated carbocycles. The number of benzene rings is 1. The number of aromatic nitrogens is 2. The predicted octanol–water partition coefficient (Wildman–Crippen LogP) is 1.12. The third-order valence-corrected chi connectivity index (χ3v) is 6.95. The molecule has 0 unspecified atom stereocenters. The largest absolute Gasteiger partial charge is 0.379 e. The van der Waals surface area contributed by atoms with Crippen molar-refractivity contribution in [2.75, 3.05) is 25.4 Å². The molecule has 2 aromatic rings. The Labute approximate surface area is 172 Å². The van der Waals surface area contributed by atoms with Crippen molar-refractivity contribution in [1.82, 2.24) is 19.5 Å². The molecule has 30 heavy (non-hydrogen) atoms. The van der Waals surface area contributed by atoms with E-state index in [1.165, 1.54) is 21.3 Å². The fraction of sp³-hybridized carbons (Fsp3) is 0.471. The number of nitrogen functional groups attached to an aromatic ring is 1. The molecule has 0 spiro atoms.